The average molecular weight is 233 g/mol. The van der Waals surface area contributed by atoms with E-state index in [1.807, 2.05) is 6.07 Å². The molecule has 17 heavy (non-hydrogen) atoms. The van der Waals surface area contributed by atoms with Gasteiger partial charge in [0.25, 0.3) is 0 Å². The molecule has 0 aliphatic heterocycles. The molecular formula is C13H19N3O. The summed E-state index contributed by atoms with van der Waals surface area (Å²) in [7, 11) is 0. The number of aliphatic hydroxyl groups excluding tert-OH is 1. The summed E-state index contributed by atoms with van der Waals surface area (Å²) in [6.45, 7) is 6.48. The zero-order chi connectivity index (χ0) is 12.9. The van der Waals surface area contributed by atoms with Gasteiger partial charge in [-0.15, -0.1) is 0 Å². The summed E-state index contributed by atoms with van der Waals surface area (Å²) >= 11 is 0. The Morgan fingerprint density at radius 2 is 2.18 bits per heavy atom. The van der Waals surface area contributed by atoms with Gasteiger partial charge in [0.05, 0.1) is 18.5 Å². The smallest absolute Gasteiger partial charge is 0.140 e. The molecule has 1 atom stereocenters. The maximum Gasteiger partial charge on any atom is 0.140 e. The molecule has 4 nitrogen and oxygen atoms in total. The number of pyridine rings is 1. The minimum absolute atomic E-state index is 0.00438. The molecule has 0 fully saturated rings. The summed E-state index contributed by atoms with van der Waals surface area (Å²) in [6, 6.07) is 5.44. The highest BCUT2D eigenvalue weighted by atomic mass is 16.3. The van der Waals surface area contributed by atoms with E-state index < -0.39 is 0 Å². The Morgan fingerprint density at radius 3 is 2.59 bits per heavy atom. The number of anilines is 1. The van der Waals surface area contributed by atoms with Crippen LogP contribution in [-0.4, -0.2) is 22.7 Å². The Morgan fingerprint density at radius 1 is 1.47 bits per heavy atom. The Balaban J connectivity index is 2.64. The molecule has 0 aliphatic rings. The molecule has 0 aromatic carbocycles. The van der Waals surface area contributed by atoms with Crippen LogP contribution < -0.4 is 5.32 Å². The summed E-state index contributed by atoms with van der Waals surface area (Å²) in [6.07, 6.45) is 2.48. The maximum absolute atomic E-state index is 9.32. The third-order valence-electron chi connectivity index (χ3n) is 2.33. The molecule has 0 spiro atoms. The number of nitriles is 1. The van der Waals surface area contributed by atoms with Crippen LogP contribution in [0.2, 0.25) is 0 Å². The first kappa shape index (κ1) is 13.5. The molecule has 1 rings (SSSR count). The van der Waals surface area contributed by atoms with Crippen molar-refractivity contribution in [3.8, 4) is 6.07 Å². The standard InChI is InChI=1S/C13H19N3O/c1-13(2,3)6-12(9-17)16-11-5-4-10(7-14)15-8-11/h4-5,8,12,16-17H,6,9H2,1-3H3. The van der Waals surface area contributed by atoms with Crippen molar-refractivity contribution in [1.29, 1.82) is 5.26 Å². The lowest BCUT2D eigenvalue weighted by molar-refractivity contribution is 0.234. The molecule has 0 radical (unpaired) electrons. The molecule has 0 saturated heterocycles. The molecule has 1 aromatic rings. The van der Waals surface area contributed by atoms with E-state index in [9.17, 15) is 5.11 Å². The molecule has 1 heterocycles. The van der Waals surface area contributed by atoms with Crippen molar-refractivity contribution in [2.75, 3.05) is 11.9 Å². The maximum atomic E-state index is 9.32. The topological polar surface area (TPSA) is 68.9 Å². The lowest BCUT2D eigenvalue weighted by atomic mass is 9.88. The molecule has 2 N–H and O–H groups in total. The average Bonchev–Trinajstić information content (AvgIpc) is 2.27. The van der Waals surface area contributed by atoms with Gasteiger partial charge in [-0.1, -0.05) is 20.8 Å². The van der Waals surface area contributed by atoms with Crippen LogP contribution in [0.4, 0.5) is 5.69 Å². The third-order valence-corrected chi connectivity index (χ3v) is 2.33. The molecule has 4 heteroatoms. The summed E-state index contributed by atoms with van der Waals surface area (Å²) < 4.78 is 0. The van der Waals surface area contributed by atoms with Crippen LogP contribution in [0.25, 0.3) is 0 Å². The van der Waals surface area contributed by atoms with Gasteiger partial charge in [-0.3, -0.25) is 0 Å². The third kappa shape index (κ3) is 4.83. The highest BCUT2D eigenvalue weighted by molar-refractivity contribution is 5.43. The first-order chi connectivity index (χ1) is 7.94. The summed E-state index contributed by atoms with van der Waals surface area (Å²) in [5.74, 6) is 0. The van der Waals surface area contributed by atoms with Crippen LogP contribution >= 0.6 is 0 Å². The number of hydrogen-bond acceptors (Lipinski definition) is 4. The van der Waals surface area contributed by atoms with E-state index in [2.05, 4.69) is 31.1 Å². The van der Waals surface area contributed by atoms with E-state index >= 15 is 0 Å². The van der Waals surface area contributed by atoms with Crippen LogP contribution in [-0.2, 0) is 0 Å². The largest absolute Gasteiger partial charge is 0.394 e. The lowest BCUT2D eigenvalue weighted by Crippen LogP contribution is -2.29. The molecule has 1 aromatic heterocycles. The fourth-order valence-electron chi connectivity index (χ4n) is 1.68. The van der Waals surface area contributed by atoms with E-state index in [1.165, 1.54) is 0 Å². The first-order valence-electron chi connectivity index (χ1n) is 5.68. The van der Waals surface area contributed by atoms with Gasteiger partial charge < -0.3 is 10.4 Å². The number of nitrogens with one attached hydrogen (secondary N) is 1. The van der Waals surface area contributed by atoms with Gasteiger partial charge in [0.2, 0.25) is 0 Å². The quantitative estimate of drug-likeness (QED) is 0.836. The number of aromatic nitrogens is 1. The van der Waals surface area contributed by atoms with Crippen molar-refractivity contribution in [2.45, 2.75) is 33.2 Å². The zero-order valence-electron chi connectivity index (χ0n) is 10.6. The lowest BCUT2D eigenvalue weighted by Gasteiger charge is -2.26. The van der Waals surface area contributed by atoms with Gasteiger partial charge in [-0.2, -0.15) is 5.26 Å². The van der Waals surface area contributed by atoms with Crippen molar-refractivity contribution in [3.05, 3.63) is 24.0 Å². The molecule has 0 bridgehead atoms. The van der Waals surface area contributed by atoms with Crippen LogP contribution in [0.1, 0.15) is 32.9 Å². The Hall–Kier alpha value is -1.60. The van der Waals surface area contributed by atoms with Crippen molar-refractivity contribution >= 4 is 5.69 Å². The van der Waals surface area contributed by atoms with Gasteiger partial charge >= 0.3 is 0 Å². The van der Waals surface area contributed by atoms with E-state index in [0.29, 0.717) is 5.69 Å². The second kappa shape index (κ2) is 5.65. The number of hydrogen-bond donors (Lipinski definition) is 2. The van der Waals surface area contributed by atoms with Crippen LogP contribution in [0.15, 0.2) is 18.3 Å². The van der Waals surface area contributed by atoms with Gasteiger partial charge in [-0.05, 0) is 24.0 Å². The van der Waals surface area contributed by atoms with Crippen LogP contribution in [0.5, 0.6) is 0 Å². The minimum atomic E-state index is 0.00438. The highest BCUT2D eigenvalue weighted by Gasteiger charge is 2.17. The fourth-order valence-corrected chi connectivity index (χ4v) is 1.68. The first-order valence-corrected chi connectivity index (χ1v) is 5.68. The molecular weight excluding hydrogens is 214 g/mol. The predicted molar refractivity (Wildman–Crippen MR) is 67.5 cm³/mol. The number of nitrogens with zero attached hydrogens (tertiary/aromatic N) is 2. The second-order valence-corrected chi connectivity index (χ2v) is 5.33. The van der Waals surface area contributed by atoms with Crippen LogP contribution in [0.3, 0.4) is 0 Å². The van der Waals surface area contributed by atoms with E-state index in [1.54, 1.807) is 18.3 Å². The molecule has 0 aliphatic carbocycles. The minimum Gasteiger partial charge on any atom is -0.394 e. The molecule has 1 unspecified atom stereocenters. The Kier molecular flexibility index (Phi) is 4.47. The Labute approximate surface area is 102 Å². The summed E-state index contributed by atoms with van der Waals surface area (Å²) in [4.78, 5) is 3.98. The van der Waals surface area contributed by atoms with E-state index in [-0.39, 0.29) is 18.1 Å². The van der Waals surface area contributed by atoms with Gasteiger partial charge in [-0.25, -0.2) is 4.98 Å². The zero-order valence-corrected chi connectivity index (χ0v) is 10.6. The fraction of sp³-hybridized carbons (Fsp3) is 0.538. The van der Waals surface area contributed by atoms with Gasteiger partial charge in [0.15, 0.2) is 0 Å². The summed E-state index contributed by atoms with van der Waals surface area (Å²) in [5.41, 5.74) is 1.37. The summed E-state index contributed by atoms with van der Waals surface area (Å²) in [5, 5.41) is 21.2. The Bertz CT molecular complexity index is 387. The van der Waals surface area contributed by atoms with Crippen molar-refractivity contribution < 1.29 is 5.11 Å². The monoisotopic (exact) mass is 233 g/mol. The van der Waals surface area contributed by atoms with Crippen molar-refractivity contribution in [1.82, 2.24) is 4.98 Å². The van der Waals surface area contributed by atoms with Gasteiger partial charge in [0, 0.05) is 6.04 Å². The predicted octanol–water partition coefficient (Wildman–Crippen LogP) is 2.16. The van der Waals surface area contributed by atoms with Crippen LogP contribution in [0, 0.1) is 16.7 Å². The van der Waals surface area contributed by atoms with Gasteiger partial charge in [0.1, 0.15) is 11.8 Å². The molecule has 0 amide bonds. The van der Waals surface area contributed by atoms with E-state index in [0.717, 1.165) is 12.1 Å². The van der Waals surface area contributed by atoms with Crippen molar-refractivity contribution in [2.24, 2.45) is 5.41 Å². The van der Waals surface area contributed by atoms with E-state index in [4.69, 9.17) is 5.26 Å². The number of rotatable bonds is 4. The number of aliphatic hydroxyl groups is 1. The molecule has 0 saturated carbocycles. The second-order valence-electron chi connectivity index (χ2n) is 5.33. The highest BCUT2D eigenvalue weighted by Crippen LogP contribution is 2.22. The normalized spacial score (nSPS) is 12.9. The van der Waals surface area contributed by atoms with Crippen molar-refractivity contribution in [3.63, 3.8) is 0 Å². The molecule has 92 valence electrons. The SMILES string of the molecule is CC(C)(C)CC(CO)Nc1ccc(C#N)nc1.